The summed E-state index contributed by atoms with van der Waals surface area (Å²) >= 11 is 0. The molecule has 1 nitrogen and oxygen atoms in total. The van der Waals surface area contributed by atoms with E-state index in [2.05, 4.69) is 44.0 Å². The van der Waals surface area contributed by atoms with Crippen LogP contribution >= 0.6 is 0 Å². The van der Waals surface area contributed by atoms with Gasteiger partial charge in [0.2, 0.25) is 0 Å². The number of aromatic nitrogens is 1. The molecule has 2 heteroatoms. The van der Waals surface area contributed by atoms with Gasteiger partial charge >= 0.3 is 0 Å². The van der Waals surface area contributed by atoms with Gasteiger partial charge in [-0.2, -0.15) is 0 Å². The van der Waals surface area contributed by atoms with E-state index in [1.54, 1.807) is 0 Å². The molecule has 3 aromatic rings. The molecule has 0 fully saturated rings. The monoisotopic (exact) mass is 279 g/mol. The highest BCUT2D eigenvalue weighted by molar-refractivity contribution is 5.86. The molecule has 2 aromatic carbocycles. The summed E-state index contributed by atoms with van der Waals surface area (Å²) in [6, 6.07) is 15.1. The van der Waals surface area contributed by atoms with Crippen LogP contribution in [0.1, 0.15) is 30.9 Å². The molecule has 0 spiro atoms. The molecular formula is C19H18FN. The third-order valence-electron chi connectivity index (χ3n) is 3.85. The number of pyridine rings is 1. The van der Waals surface area contributed by atoms with Crippen molar-refractivity contribution in [3.63, 3.8) is 0 Å². The number of halogens is 1. The topological polar surface area (TPSA) is 12.9 Å². The molecule has 0 bridgehead atoms. The lowest BCUT2D eigenvalue weighted by atomic mass is 9.95. The zero-order valence-electron chi connectivity index (χ0n) is 12.5. The maximum atomic E-state index is 13.5. The van der Waals surface area contributed by atoms with Gasteiger partial charge in [-0.1, -0.05) is 38.1 Å². The van der Waals surface area contributed by atoms with E-state index in [1.807, 2.05) is 18.2 Å². The first-order valence-electron chi connectivity index (χ1n) is 7.22. The summed E-state index contributed by atoms with van der Waals surface area (Å²) in [6.45, 7) is 6.38. The summed E-state index contributed by atoms with van der Waals surface area (Å²) in [7, 11) is 0. The number of hydrogen-bond acceptors (Lipinski definition) is 1. The van der Waals surface area contributed by atoms with Crippen LogP contribution in [0.5, 0.6) is 0 Å². The van der Waals surface area contributed by atoms with Crippen LogP contribution in [0.4, 0.5) is 4.39 Å². The predicted octanol–water partition coefficient (Wildman–Crippen LogP) is 5.47. The molecule has 106 valence electrons. The zero-order chi connectivity index (χ0) is 15.0. The summed E-state index contributed by atoms with van der Waals surface area (Å²) < 4.78 is 13.5. The summed E-state index contributed by atoms with van der Waals surface area (Å²) in [5.41, 5.74) is 5.12. The predicted molar refractivity (Wildman–Crippen MR) is 86.0 cm³/mol. The van der Waals surface area contributed by atoms with Crippen LogP contribution in [-0.2, 0) is 0 Å². The number of fused-ring (bicyclic) bond motifs is 1. The maximum Gasteiger partial charge on any atom is 0.125 e. The van der Waals surface area contributed by atoms with E-state index < -0.39 is 0 Å². The Morgan fingerprint density at radius 2 is 1.76 bits per heavy atom. The van der Waals surface area contributed by atoms with Gasteiger partial charge < -0.3 is 0 Å². The first-order chi connectivity index (χ1) is 10.1. The highest BCUT2D eigenvalue weighted by atomic mass is 19.1. The van der Waals surface area contributed by atoms with Crippen molar-refractivity contribution in [3.8, 4) is 11.3 Å². The van der Waals surface area contributed by atoms with Gasteiger partial charge in [0.1, 0.15) is 5.82 Å². The molecule has 0 radical (unpaired) electrons. The molecule has 0 saturated carbocycles. The largest absolute Gasteiger partial charge is 0.248 e. The Kier molecular flexibility index (Phi) is 3.46. The third-order valence-corrected chi connectivity index (χ3v) is 3.85. The van der Waals surface area contributed by atoms with Crippen LogP contribution in [0.2, 0.25) is 0 Å². The number of benzene rings is 2. The average molecular weight is 279 g/mol. The third kappa shape index (κ3) is 2.54. The van der Waals surface area contributed by atoms with Gasteiger partial charge in [0.15, 0.2) is 0 Å². The van der Waals surface area contributed by atoms with Crippen LogP contribution in [0, 0.1) is 12.7 Å². The van der Waals surface area contributed by atoms with Crippen molar-refractivity contribution in [2.24, 2.45) is 0 Å². The normalized spacial score (nSPS) is 11.3. The fraction of sp³-hybridized carbons (Fsp3) is 0.211. The molecule has 0 N–H and O–H groups in total. The minimum atomic E-state index is -0.244. The molecule has 1 heterocycles. The Labute approximate surface area is 124 Å². The summed E-state index contributed by atoms with van der Waals surface area (Å²) in [5.74, 6) is 0.121. The lowest BCUT2D eigenvalue weighted by Crippen LogP contribution is -1.96. The molecule has 0 atom stereocenters. The molecule has 21 heavy (non-hydrogen) atoms. The lowest BCUT2D eigenvalue weighted by Gasteiger charge is -2.13. The second kappa shape index (κ2) is 5.28. The van der Waals surface area contributed by atoms with E-state index in [9.17, 15) is 4.39 Å². The second-order valence-electron chi connectivity index (χ2n) is 5.73. The second-order valence-corrected chi connectivity index (χ2v) is 5.73. The van der Waals surface area contributed by atoms with Gasteiger partial charge in [-0.05, 0) is 42.2 Å². The molecular weight excluding hydrogens is 261 g/mol. The van der Waals surface area contributed by atoms with E-state index in [1.165, 1.54) is 23.3 Å². The van der Waals surface area contributed by atoms with Crippen molar-refractivity contribution in [1.82, 2.24) is 4.98 Å². The van der Waals surface area contributed by atoms with Crippen molar-refractivity contribution < 1.29 is 4.39 Å². The van der Waals surface area contributed by atoms with Gasteiger partial charge in [0.05, 0.1) is 11.2 Å². The van der Waals surface area contributed by atoms with Gasteiger partial charge in [-0.15, -0.1) is 0 Å². The van der Waals surface area contributed by atoms with E-state index in [4.69, 9.17) is 0 Å². The maximum absolute atomic E-state index is 13.5. The van der Waals surface area contributed by atoms with E-state index in [-0.39, 0.29) is 5.82 Å². The quantitative estimate of drug-likeness (QED) is 0.606. The van der Waals surface area contributed by atoms with Crippen LogP contribution < -0.4 is 0 Å². The fourth-order valence-corrected chi connectivity index (χ4v) is 2.70. The highest BCUT2D eigenvalue weighted by Crippen LogP contribution is 2.30. The zero-order valence-corrected chi connectivity index (χ0v) is 12.5. The summed E-state index contributed by atoms with van der Waals surface area (Å²) in [4.78, 5) is 4.67. The average Bonchev–Trinajstić information content (AvgIpc) is 2.46. The molecule has 0 saturated heterocycles. The Balaban J connectivity index is 2.32. The van der Waals surface area contributed by atoms with Crippen molar-refractivity contribution in [3.05, 3.63) is 65.5 Å². The highest BCUT2D eigenvalue weighted by Gasteiger charge is 2.12. The van der Waals surface area contributed by atoms with Crippen LogP contribution in [0.3, 0.4) is 0 Å². The Morgan fingerprint density at radius 1 is 1.00 bits per heavy atom. The number of aryl methyl sites for hydroxylation is 1. The number of rotatable bonds is 2. The molecule has 0 aliphatic carbocycles. The van der Waals surface area contributed by atoms with Crippen LogP contribution in [0.25, 0.3) is 22.2 Å². The molecule has 3 rings (SSSR count). The van der Waals surface area contributed by atoms with E-state index >= 15 is 0 Å². The molecule has 0 amide bonds. The lowest BCUT2D eigenvalue weighted by molar-refractivity contribution is 0.629. The van der Waals surface area contributed by atoms with Gasteiger partial charge in [0, 0.05) is 17.0 Å². The minimum absolute atomic E-state index is 0.244. The number of hydrogen-bond donors (Lipinski definition) is 0. The number of nitrogens with zero attached hydrogens (tertiary/aromatic N) is 1. The van der Waals surface area contributed by atoms with E-state index in [0.717, 1.165) is 22.2 Å². The summed E-state index contributed by atoms with van der Waals surface area (Å²) in [6.07, 6.45) is 0. The minimum Gasteiger partial charge on any atom is -0.248 e. The standard InChI is InChI=1S/C19H18FN/c1-12(2)17-11-19(15-7-5-4-6-13(15)3)21-18-10-14(20)8-9-16(17)18/h4-12H,1-3H3. The van der Waals surface area contributed by atoms with E-state index in [0.29, 0.717) is 5.92 Å². The van der Waals surface area contributed by atoms with Crippen LogP contribution in [-0.4, -0.2) is 4.98 Å². The molecule has 0 unspecified atom stereocenters. The smallest absolute Gasteiger partial charge is 0.125 e. The van der Waals surface area contributed by atoms with Crippen molar-refractivity contribution in [2.75, 3.05) is 0 Å². The molecule has 0 aliphatic rings. The van der Waals surface area contributed by atoms with Crippen molar-refractivity contribution in [1.29, 1.82) is 0 Å². The first-order valence-corrected chi connectivity index (χ1v) is 7.22. The fourth-order valence-electron chi connectivity index (χ4n) is 2.70. The van der Waals surface area contributed by atoms with Crippen LogP contribution in [0.15, 0.2) is 48.5 Å². The molecule has 0 aliphatic heterocycles. The Morgan fingerprint density at radius 3 is 2.48 bits per heavy atom. The Hall–Kier alpha value is -2.22. The summed E-state index contributed by atoms with van der Waals surface area (Å²) in [5, 5.41) is 1.03. The van der Waals surface area contributed by atoms with Gasteiger partial charge in [0.25, 0.3) is 0 Å². The molecule has 1 aromatic heterocycles. The first kappa shape index (κ1) is 13.7. The van der Waals surface area contributed by atoms with Gasteiger partial charge in [-0.3, -0.25) is 0 Å². The SMILES string of the molecule is Cc1ccccc1-c1cc(C(C)C)c2ccc(F)cc2n1. The van der Waals surface area contributed by atoms with Gasteiger partial charge in [-0.25, -0.2) is 9.37 Å². The van der Waals surface area contributed by atoms with Crippen molar-refractivity contribution in [2.45, 2.75) is 26.7 Å². The van der Waals surface area contributed by atoms with Crippen molar-refractivity contribution >= 4 is 10.9 Å². The Bertz CT molecular complexity index is 806.